The van der Waals surface area contributed by atoms with E-state index in [4.69, 9.17) is 17.0 Å². The number of esters is 1. The SMILES string of the molecule is COC(=O)CCCN1C(=S)NC(c2ccccn2)C1c1cccn1-c1ccc2ccccc2c1. The van der Waals surface area contributed by atoms with Gasteiger partial charge in [-0.25, -0.2) is 0 Å². The lowest BCUT2D eigenvalue weighted by Crippen LogP contribution is -2.31. The van der Waals surface area contributed by atoms with Crippen LogP contribution in [0.5, 0.6) is 0 Å². The predicted molar refractivity (Wildman–Crippen MR) is 137 cm³/mol. The van der Waals surface area contributed by atoms with Crippen LogP contribution in [-0.2, 0) is 9.53 Å². The summed E-state index contributed by atoms with van der Waals surface area (Å²) in [6.45, 7) is 0.637. The number of thiocarbonyl (C=S) groups is 1. The Kier molecular flexibility index (Phi) is 6.27. The maximum atomic E-state index is 11.7. The van der Waals surface area contributed by atoms with Gasteiger partial charge in [0, 0.05) is 36.7 Å². The van der Waals surface area contributed by atoms with Crippen molar-refractivity contribution in [2.45, 2.75) is 24.9 Å². The lowest BCUT2D eigenvalue weighted by atomic mass is 10.0. The largest absolute Gasteiger partial charge is 0.469 e. The van der Waals surface area contributed by atoms with E-state index in [2.05, 4.69) is 80.6 Å². The van der Waals surface area contributed by atoms with Crippen molar-refractivity contribution in [3.8, 4) is 5.69 Å². The molecule has 0 saturated carbocycles. The van der Waals surface area contributed by atoms with Crippen LogP contribution in [0.25, 0.3) is 16.5 Å². The van der Waals surface area contributed by atoms with Crippen LogP contribution in [0.1, 0.15) is 36.3 Å². The number of methoxy groups -OCH3 is 1. The van der Waals surface area contributed by atoms with E-state index in [1.54, 1.807) is 6.20 Å². The van der Waals surface area contributed by atoms with Gasteiger partial charge in [0.1, 0.15) is 0 Å². The van der Waals surface area contributed by atoms with E-state index in [1.165, 1.54) is 17.9 Å². The van der Waals surface area contributed by atoms with E-state index < -0.39 is 0 Å². The first kappa shape index (κ1) is 22.1. The van der Waals surface area contributed by atoms with E-state index >= 15 is 0 Å². The summed E-state index contributed by atoms with van der Waals surface area (Å²) in [7, 11) is 1.42. The van der Waals surface area contributed by atoms with Crippen molar-refractivity contribution in [2.24, 2.45) is 0 Å². The van der Waals surface area contributed by atoms with Crippen molar-refractivity contribution >= 4 is 34.1 Å². The molecule has 1 aliphatic rings. The molecular weight excluding hydrogens is 444 g/mol. The highest BCUT2D eigenvalue weighted by molar-refractivity contribution is 7.80. The summed E-state index contributed by atoms with van der Waals surface area (Å²) in [5, 5.41) is 6.55. The molecule has 2 aromatic carbocycles. The van der Waals surface area contributed by atoms with Gasteiger partial charge in [-0.1, -0.05) is 36.4 Å². The van der Waals surface area contributed by atoms with E-state index in [-0.39, 0.29) is 18.1 Å². The number of benzene rings is 2. The number of ether oxygens (including phenoxy) is 1. The summed E-state index contributed by atoms with van der Waals surface area (Å²) in [6.07, 6.45) is 4.89. The van der Waals surface area contributed by atoms with Crippen molar-refractivity contribution in [3.63, 3.8) is 0 Å². The van der Waals surface area contributed by atoms with Crippen LogP contribution in [-0.4, -0.2) is 39.2 Å². The molecule has 1 saturated heterocycles. The van der Waals surface area contributed by atoms with Gasteiger partial charge in [0.05, 0.1) is 24.9 Å². The van der Waals surface area contributed by atoms with Gasteiger partial charge in [-0.3, -0.25) is 9.78 Å². The second-order valence-corrected chi connectivity index (χ2v) is 8.72. The lowest BCUT2D eigenvalue weighted by Gasteiger charge is -2.29. The molecule has 0 aliphatic carbocycles. The molecule has 5 rings (SSSR count). The molecule has 0 amide bonds. The third-order valence-corrected chi connectivity index (χ3v) is 6.65. The fourth-order valence-corrected chi connectivity index (χ4v) is 4.99. The van der Waals surface area contributed by atoms with Crippen molar-refractivity contribution in [2.75, 3.05) is 13.7 Å². The van der Waals surface area contributed by atoms with Crippen LogP contribution < -0.4 is 5.32 Å². The zero-order chi connectivity index (χ0) is 23.5. The van der Waals surface area contributed by atoms with Gasteiger partial charge < -0.3 is 19.5 Å². The Morgan fingerprint density at radius 1 is 1.06 bits per heavy atom. The van der Waals surface area contributed by atoms with Gasteiger partial charge in [-0.15, -0.1) is 0 Å². The second-order valence-electron chi connectivity index (χ2n) is 8.33. The number of hydrogen-bond donors (Lipinski definition) is 1. The molecule has 172 valence electrons. The molecular formula is C27H26N4O2S. The highest BCUT2D eigenvalue weighted by Gasteiger charge is 2.41. The molecule has 2 unspecified atom stereocenters. The first-order valence-corrected chi connectivity index (χ1v) is 11.8. The Morgan fingerprint density at radius 2 is 1.88 bits per heavy atom. The third kappa shape index (κ3) is 4.26. The van der Waals surface area contributed by atoms with Crippen molar-refractivity contribution < 1.29 is 9.53 Å². The number of carbonyl (C=O) groups is 1. The van der Waals surface area contributed by atoms with E-state index in [1.807, 2.05) is 18.2 Å². The molecule has 3 heterocycles. The molecule has 7 heteroatoms. The van der Waals surface area contributed by atoms with Crippen molar-refractivity contribution in [1.29, 1.82) is 0 Å². The number of pyridine rings is 1. The summed E-state index contributed by atoms with van der Waals surface area (Å²) in [5.41, 5.74) is 3.12. The summed E-state index contributed by atoms with van der Waals surface area (Å²) in [5.74, 6) is -0.213. The number of aromatic nitrogens is 2. The Labute approximate surface area is 204 Å². The van der Waals surface area contributed by atoms with Crippen LogP contribution in [0.15, 0.2) is 85.2 Å². The number of hydrogen-bond acceptors (Lipinski definition) is 4. The van der Waals surface area contributed by atoms with Gasteiger partial charge in [-0.2, -0.15) is 0 Å². The first-order chi connectivity index (χ1) is 16.7. The molecule has 0 spiro atoms. The third-order valence-electron chi connectivity index (χ3n) is 6.30. The number of nitrogens with zero attached hydrogens (tertiary/aromatic N) is 3. The molecule has 1 N–H and O–H groups in total. The summed E-state index contributed by atoms with van der Waals surface area (Å²) < 4.78 is 7.04. The van der Waals surface area contributed by atoms with E-state index in [9.17, 15) is 4.79 Å². The quantitative estimate of drug-likeness (QED) is 0.305. The van der Waals surface area contributed by atoms with Gasteiger partial charge in [0.25, 0.3) is 0 Å². The fourth-order valence-electron chi connectivity index (χ4n) is 4.66. The summed E-state index contributed by atoms with van der Waals surface area (Å²) >= 11 is 5.76. The van der Waals surface area contributed by atoms with E-state index in [0.717, 1.165) is 17.1 Å². The summed E-state index contributed by atoms with van der Waals surface area (Å²) in [6, 6.07) is 24.8. The Morgan fingerprint density at radius 3 is 2.68 bits per heavy atom. The molecule has 0 radical (unpaired) electrons. The highest BCUT2D eigenvalue weighted by Crippen LogP contribution is 2.39. The van der Waals surface area contributed by atoms with Crippen LogP contribution in [0.4, 0.5) is 0 Å². The molecule has 2 atom stereocenters. The number of rotatable bonds is 7. The molecule has 0 bridgehead atoms. The number of carbonyl (C=O) groups excluding carboxylic acids is 1. The molecule has 6 nitrogen and oxygen atoms in total. The maximum absolute atomic E-state index is 11.7. The Bertz CT molecular complexity index is 1320. The van der Waals surface area contributed by atoms with Crippen LogP contribution >= 0.6 is 12.2 Å². The smallest absolute Gasteiger partial charge is 0.305 e. The lowest BCUT2D eigenvalue weighted by molar-refractivity contribution is -0.140. The molecule has 1 aliphatic heterocycles. The van der Waals surface area contributed by atoms with Gasteiger partial charge >= 0.3 is 5.97 Å². The maximum Gasteiger partial charge on any atom is 0.305 e. The summed E-state index contributed by atoms with van der Waals surface area (Å²) in [4.78, 5) is 18.5. The van der Waals surface area contributed by atoms with Crippen molar-refractivity contribution in [1.82, 2.24) is 19.8 Å². The minimum absolute atomic E-state index is 0.0819. The molecule has 2 aromatic heterocycles. The Hall–Kier alpha value is -3.71. The molecule has 1 fully saturated rings. The van der Waals surface area contributed by atoms with Gasteiger partial charge in [0.2, 0.25) is 0 Å². The topological polar surface area (TPSA) is 59.4 Å². The van der Waals surface area contributed by atoms with Crippen LogP contribution in [0.2, 0.25) is 0 Å². The van der Waals surface area contributed by atoms with E-state index in [0.29, 0.717) is 24.5 Å². The zero-order valence-electron chi connectivity index (χ0n) is 18.9. The monoisotopic (exact) mass is 470 g/mol. The first-order valence-electron chi connectivity index (χ1n) is 11.4. The predicted octanol–water partition coefficient (Wildman–Crippen LogP) is 4.95. The van der Waals surface area contributed by atoms with Gasteiger partial charge in [0.15, 0.2) is 5.11 Å². The molecule has 34 heavy (non-hydrogen) atoms. The van der Waals surface area contributed by atoms with Crippen LogP contribution in [0, 0.1) is 0 Å². The minimum Gasteiger partial charge on any atom is -0.469 e. The Balaban J connectivity index is 1.54. The number of nitrogens with one attached hydrogen (secondary N) is 1. The normalized spacial score (nSPS) is 17.7. The van der Waals surface area contributed by atoms with Gasteiger partial charge in [-0.05, 0) is 65.8 Å². The zero-order valence-corrected chi connectivity index (χ0v) is 19.7. The molecule has 4 aromatic rings. The highest BCUT2D eigenvalue weighted by atomic mass is 32.1. The average Bonchev–Trinajstić information content (AvgIpc) is 3.48. The van der Waals surface area contributed by atoms with Crippen LogP contribution in [0.3, 0.4) is 0 Å². The second kappa shape index (κ2) is 9.65. The average molecular weight is 471 g/mol. The fraction of sp³-hybridized carbons (Fsp3) is 0.222. The van der Waals surface area contributed by atoms with Crippen molar-refractivity contribution in [3.05, 3.63) is 96.6 Å². The number of fused-ring (bicyclic) bond motifs is 1. The standard InChI is InChI=1S/C27H26N4O2S/c1-33-24(32)12-7-17-31-26(25(29-27(31)34)22-10-4-5-15-28-22)23-11-6-16-30(23)21-14-13-19-8-2-3-9-20(19)18-21/h2-6,8-11,13-16,18,25-26H,7,12,17H2,1H3,(H,29,34). The minimum atomic E-state index is -0.213.